The molecule has 0 fully saturated rings. The summed E-state index contributed by atoms with van der Waals surface area (Å²) < 4.78 is 10.8. The highest BCUT2D eigenvalue weighted by molar-refractivity contribution is 5.93. The van der Waals surface area contributed by atoms with Crippen molar-refractivity contribution < 1.29 is 29.0 Å². The van der Waals surface area contributed by atoms with Crippen LogP contribution in [0.15, 0.2) is 48.5 Å². The molecular weight excluding hydrogens is 436 g/mol. The minimum Gasteiger partial charge on any atom is -0.480 e. The Morgan fingerprint density at radius 2 is 1.59 bits per heavy atom. The van der Waals surface area contributed by atoms with Crippen molar-refractivity contribution in [2.24, 2.45) is 5.92 Å². The Labute approximate surface area is 199 Å². The lowest BCUT2D eigenvalue weighted by Gasteiger charge is -2.33. The van der Waals surface area contributed by atoms with Crippen molar-refractivity contribution in [1.29, 1.82) is 0 Å². The van der Waals surface area contributed by atoms with Crippen molar-refractivity contribution in [2.45, 2.75) is 44.7 Å². The molecule has 0 spiro atoms. The lowest BCUT2D eigenvalue weighted by molar-refractivity contribution is -0.144. The molecule has 2 aromatic rings. The van der Waals surface area contributed by atoms with Gasteiger partial charge in [0.05, 0.1) is 6.61 Å². The second-order valence-electron chi connectivity index (χ2n) is 8.85. The minimum absolute atomic E-state index is 0.0952. The third-order valence-corrected chi connectivity index (χ3v) is 6.33. The van der Waals surface area contributed by atoms with E-state index >= 15 is 0 Å². The number of carboxylic acid groups (broad SMARTS) is 1. The number of hydrogen-bond acceptors (Lipinski definition) is 5. The van der Waals surface area contributed by atoms with Crippen LogP contribution in [-0.4, -0.2) is 55.0 Å². The average molecular weight is 469 g/mol. The summed E-state index contributed by atoms with van der Waals surface area (Å²) in [6.07, 6.45) is -0.589. The number of amides is 2. The first-order valence-electron chi connectivity index (χ1n) is 11.4. The summed E-state index contributed by atoms with van der Waals surface area (Å²) >= 11 is 0. The van der Waals surface area contributed by atoms with Gasteiger partial charge in [-0.25, -0.2) is 9.59 Å². The van der Waals surface area contributed by atoms with Gasteiger partial charge in [0.1, 0.15) is 18.2 Å². The molecule has 1 aliphatic rings. The molecule has 3 N–H and O–H groups in total. The summed E-state index contributed by atoms with van der Waals surface area (Å²) in [6, 6.07) is 14.9. The summed E-state index contributed by atoms with van der Waals surface area (Å²) in [4.78, 5) is 37.5. The van der Waals surface area contributed by atoms with E-state index in [4.69, 9.17) is 9.47 Å². The summed E-state index contributed by atoms with van der Waals surface area (Å²) in [6.45, 7) is 5.07. The van der Waals surface area contributed by atoms with Gasteiger partial charge in [0.2, 0.25) is 5.91 Å². The van der Waals surface area contributed by atoms with Gasteiger partial charge >= 0.3 is 12.1 Å². The van der Waals surface area contributed by atoms with Crippen molar-refractivity contribution in [3.05, 3.63) is 59.7 Å². The number of fused-ring (bicyclic) bond motifs is 3. The van der Waals surface area contributed by atoms with Crippen LogP contribution in [0.1, 0.15) is 44.2 Å². The molecule has 2 aromatic carbocycles. The molecular formula is C26H32N2O6. The van der Waals surface area contributed by atoms with Crippen molar-refractivity contribution in [3.63, 3.8) is 0 Å². The van der Waals surface area contributed by atoms with E-state index in [2.05, 4.69) is 10.6 Å². The number of methoxy groups -OCH3 is 1. The molecule has 0 heterocycles. The van der Waals surface area contributed by atoms with Crippen LogP contribution in [0.5, 0.6) is 0 Å². The van der Waals surface area contributed by atoms with E-state index in [0.29, 0.717) is 0 Å². The average Bonchev–Trinajstić information content (AvgIpc) is 3.14. The Bertz CT molecular complexity index is 1010. The van der Waals surface area contributed by atoms with Gasteiger partial charge in [-0.05, 0) is 34.6 Å². The first kappa shape index (κ1) is 25.2. The Hall–Kier alpha value is -3.39. The zero-order valence-corrected chi connectivity index (χ0v) is 20.0. The lowest BCUT2D eigenvalue weighted by Crippen LogP contribution is -2.64. The number of alkyl carbamates (subject to hydrolysis) is 1. The normalized spacial score (nSPS) is 15.1. The maximum Gasteiger partial charge on any atom is 0.408 e. The largest absolute Gasteiger partial charge is 0.480 e. The number of carboxylic acids is 1. The fraction of sp³-hybridized carbons (Fsp3) is 0.423. The minimum atomic E-state index is -1.47. The van der Waals surface area contributed by atoms with Crippen LogP contribution < -0.4 is 10.6 Å². The predicted octanol–water partition coefficient (Wildman–Crippen LogP) is 3.55. The molecule has 0 bridgehead atoms. The fourth-order valence-corrected chi connectivity index (χ4v) is 4.38. The smallest absolute Gasteiger partial charge is 0.408 e. The number of carbonyl (C=O) groups excluding carboxylic acids is 2. The van der Waals surface area contributed by atoms with Gasteiger partial charge in [-0.1, -0.05) is 69.3 Å². The zero-order valence-electron chi connectivity index (χ0n) is 20.0. The molecule has 2 amide bonds. The standard InChI is InChI=1S/C26H32N2O6/c1-5-26(15-33-4,24(31)27-22(16(2)3)23(29)30)28-25(32)34-14-21-19-12-8-6-10-17(19)18-11-7-9-13-20(18)21/h6-13,16,21-22H,5,14-15H2,1-4H3,(H,27,31)(H,28,32)(H,29,30)/t22-,26?/m0/s1. The lowest BCUT2D eigenvalue weighted by atomic mass is 9.94. The van der Waals surface area contributed by atoms with Crippen molar-refractivity contribution in [2.75, 3.05) is 20.3 Å². The van der Waals surface area contributed by atoms with Gasteiger partial charge in [-0.2, -0.15) is 0 Å². The molecule has 182 valence electrons. The molecule has 0 radical (unpaired) electrons. The van der Waals surface area contributed by atoms with E-state index in [9.17, 15) is 19.5 Å². The molecule has 8 heteroatoms. The van der Waals surface area contributed by atoms with Gasteiger partial charge in [0, 0.05) is 13.0 Å². The summed E-state index contributed by atoms with van der Waals surface area (Å²) in [7, 11) is 1.41. The SMILES string of the molecule is CCC(COC)(NC(=O)OCC1c2ccccc2-c2ccccc21)C(=O)N[C@H](C(=O)O)C(C)C. The number of benzene rings is 2. The van der Waals surface area contributed by atoms with Gasteiger partial charge in [0.15, 0.2) is 0 Å². The number of carbonyl (C=O) groups is 3. The zero-order chi connectivity index (χ0) is 24.9. The Morgan fingerprint density at radius 3 is 2.06 bits per heavy atom. The van der Waals surface area contributed by atoms with Crippen LogP contribution in [0.2, 0.25) is 0 Å². The van der Waals surface area contributed by atoms with Gasteiger partial charge in [-0.15, -0.1) is 0 Å². The monoisotopic (exact) mass is 468 g/mol. The number of nitrogens with one attached hydrogen (secondary N) is 2. The maximum absolute atomic E-state index is 13.1. The topological polar surface area (TPSA) is 114 Å². The van der Waals surface area contributed by atoms with Gasteiger partial charge in [-0.3, -0.25) is 4.79 Å². The summed E-state index contributed by atoms with van der Waals surface area (Å²) in [5.41, 5.74) is 2.91. The predicted molar refractivity (Wildman–Crippen MR) is 128 cm³/mol. The maximum atomic E-state index is 13.1. The first-order chi connectivity index (χ1) is 16.2. The molecule has 0 aromatic heterocycles. The van der Waals surface area contributed by atoms with Crippen LogP contribution in [0, 0.1) is 5.92 Å². The van der Waals surface area contributed by atoms with E-state index in [0.717, 1.165) is 22.3 Å². The molecule has 0 saturated carbocycles. The Kier molecular flexibility index (Phi) is 7.94. The molecule has 1 unspecified atom stereocenters. The molecule has 34 heavy (non-hydrogen) atoms. The van der Waals surface area contributed by atoms with Gasteiger partial charge < -0.3 is 25.2 Å². The second kappa shape index (κ2) is 10.7. The Morgan fingerprint density at radius 1 is 1.03 bits per heavy atom. The fourth-order valence-electron chi connectivity index (χ4n) is 4.38. The van der Waals surface area contributed by atoms with Gasteiger partial charge in [0.25, 0.3) is 0 Å². The summed E-state index contributed by atoms with van der Waals surface area (Å²) in [5.74, 6) is -2.24. The number of rotatable bonds is 10. The van der Waals surface area contributed by atoms with Crippen LogP contribution in [0.4, 0.5) is 4.79 Å². The highest BCUT2D eigenvalue weighted by atomic mass is 16.5. The molecule has 8 nitrogen and oxygen atoms in total. The summed E-state index contributed by atoms with van der Waals surface area (Å²) in [5, 5.41) is 14.6. The third kappa shape index (κ3) is 5.07. The van der Waals surface area contributed by atoms with E-state index in [-0.39, 0.29) is 31.5 Å². The van der Waals surface area contributed by atoms with Crippen molar-refractivity contribution in [3.8, 4) is 11.1 Å². The number of ether oxygens (including phenoxy) is 2. The molecule has 0 saturated heterocycles. The second-order valence-corrected chi connectivity index (χ2v) is 8.85. The molecule has 2 atom stereocenters. The van der Waals surface area contributed by atoms with E-state index in [1.54, 1.807) is 20.8 Å². The number of hydrogen-bond donors (Lipinski definition) is 3. The van der Waals surface area contributed by atoms with Crippen LogP contribution in [0.25, 0.3) is 11.1 Å². The number of aliphatic carboxylic acids is 1. The molecule has 0 aliphatic heterocycles. The Balaban J connectivity index is 1.74. The highest BCUT2D eigenvalue weighted by Crippen LogP contribution is 2.44. The van der Waals surface area contributed by atoms with Crippen molar-refractivity contribution >= 4 is 18.0 Å². The highest BCUT2D eigenvalue weighted by Gasteiger charge is 2.41. The van der Waals surface area contributed by atoms with E-state index in [1.807, 2.05) is 48.5 Å². The molecule has 3 rings (SSSR count). The van der Waals surface area contributed by atoms with E-state index in [1.165, 1.54) is 7.11 Å². The van der Waals surface area contributed by atoms with Crippen molar-refractivity contribution in [1.82, 2.24) is 10.6 Å². The van der Waals surface area contributed by atoms with E-state index < -0.39 is 29.6 Å². The van der Waals surface area contributed by atoms with Crippen LogP contribution in [-0.2, 0) is 19.1 Å². The van der Waals surface area contributed by atoms with Crippen LogP contribution in [0.3, 0.4) is 0 Å². The van der Waals surface area contributed by atoms with Crippen LogP contribution >= 0.6 is 0 Å². The third-order valence-electron chi connectivity index (χ3n) is 6.33. The molecule has 1 aliphatic carbocycles. The quantitative estimate of drug-likeness (QED) is 0.491. The first-order valence-corrected chi connectivity index (χ1v) is 11.4.